The van der Waals surface area contributed by atoms with E-state index in [0.29, 0.717) is 27.1 Å². The molecule has 0 saturated heterocycles. The van der Waals surface area contributed by atoms with Gasteiger partial charge in [0.15, 0.2) is 0 Å². The monoisotopic (exact) mass is 426 g/mol. The summed E-state index contributed by atoms with van der Waals surface area (Å²) in [4.78, 5) is 26.8. The molecule has 0 spiro atoms. The molecule has 1 aliphatic carbocycles. The van der Waals surface area contributed by atoms with Gasteiger partial charge in [0.2, 0.25) is 0 Å². The molecule has 0 radical (unpaired) electrons. The number of anilines is 1. The minimum atomic E-state index is -0.180. The van der Waals surface area contributed by atoms with Crippen LogP contribution in [0.3, 0.4) is 0 Å². The Balaban J connectivity index is 1.51. The van der Waals surface area contributed by atoms with Crippen LogP contribution in [0.25, 0.3) is 6.08 Å². The summed E-state index contributed by atoms with van der Waals surface area (Å²) in [7, 11) is 0. The number of fused-ring (bicyclic) bond motifs is 1. The zero-order valence-electron chi connectivity index (χ0n) is 16.2. The Kier molecular flexibility index (Phi) is 5.97. The summed E-state index contributed by atoms with van der Waals surface area (Å²) in [5.41, 5.74) is 2.12. The van der Waals surface area contributed by atoms with Crippen LogP contribution < -0.4 is 10.6 Å². The van der Waals surface area contributed by atoms with E-state index in [-0.39, 0.29) is 17.9 Å². The van der Waals surface area contributed by atoms with E-state index >= 15 is 0 Å². The highest BCUT2D eigenvalue weighted by Crippen LogP contribution is 2.39. The maximum Gasteiger partial charge on any atom is 0.262 e. The molecule has 1 aliphatic heterocycles. The maximum absolute atomic E-state index is 12.7. The highest BCUT2D eigenvalue weighted by Gasteiger charge is 2.25. The lowest BCUT2D eigenvalue weighted by Gasteiger charge is -2.29. The summed E-state index contributed by atoms with van der Waals surface area (Å²) in [6.45, 7) is 2.20. The first-order chi connectivity index (χ1) is 14.0. The number of amides is 2. The van der Waals surface area contributed by atoms with E-state index in [4.69, 9.17) is 11.6 Å². The molecule has 2 aromatic carbocycles. The molecular weight excluding hydrogens is 404 g/mol. The topological polar surface area (TPSA) is 58.2 Å². The molecule has 0 bridgehead atoms. The lowest BCUT2D eigenvalue weighted by Crippen LogP contribution is -2.41. The molecule has 1 heterocycles. The Morgan fingerprint density at radius 2 is 2.03 bits per heavy atom. The molecule has 4 nitrogen and oxygen atoms in total. The largest absolute Gasteiger partial charge is 0.349 e. The zero-order valence-corrected chi connectivity index (χ0v) is 17.8. The molecule has 2 atom stereocenters. The lowest BCUT2D eigenvalue weighted by atomic mass is 9.86. The molecule has 150 valence electrons. The van der Waals surface area contributed by atoms with Gasteiger partial charge in [0.05, 0.1) is 10.6 Å². The molecule has 2 amide bonds. The fourth-order valence-electron chi connectivity index (χ4n) is 3.83. The highest BCUT2D eigenvalue weighted by molar-refractivity contribution is 8.04. The summed E-state index contributed by atoms with van der Waals surface area (Å²) in [5, 5.41) is 6.71. The van der Waals surface area contributed by atoms with E-state index in [9.17, 15) is 9.59 Å². The predicted octanol–water partition coefficient (Wildman–Crippen LogP) is 5.73. The quantitative estimate of drug-likeness (QED) is 0.616. The first-order valence-electron chi connectivity index (χ1n) is 9.91. The van der Waals surface area contributed by atoms with Crippen molar-refractivity contribution in [2.24, 2.45) is 5.92 Å². The van der Waals surface area contributed by atoms with Gasteiger partial charge in [-0.25, -0.2) is 0 Å². The minimum absolute atomic E-state index is 0.0777. The molecule has 1 fully saturated rings. The zero-order chi connectivity index (χ0) is 20.4. The normalized spacial score (nSPS) is 22.7. The van der Waals surface area contributed by atoms with Gasteiger partial charge in [-0.2, -0.15) is 0 Å². The highest BCUT2D eigenvalue weighted by atomic mass is 35.5. The molecule has 29 heavy (non-hydrogen) atoms. The standard InChI is InChI=1S/C23H23ClN2O2S/c1-14-5-2-3-8-18(14)25-22(27)16-9-10-20-19(13-16)26-23(28)21(29-20)12-15-6-4-7-17(24)11-15/h4,6-7,9-14,18H,2-3,5,8H2,1H3,(H,25,27)(H,26,28)/b21-12+/t14-,18+/m1/s1. The summed E-state index contributed by atoms with van der Waals surface area (Å²) in [5.74, 6) is 0.242. The van der Waals surface area contributed by atoms with E-state index in [1.165, 1.54) is 18.2 Å². The van der Waals surface area contributed by atoms with Crippen LogP contribution in [0.5, 0.6) is 0 Å². The van der Waals surface area contributed by atoms with E-state index < -0.39 is 0 Å². The summed E-state index contributed by atoms with van der Waals surface area (Å²) < 4.78 is 0. The van der Waals surface area contributed by atoms with Crippen molar-refractivity contribution in [3.05, 3.63) is 63.5 Å². The van der Waals surface area contributed by atoms with Gasteiger partial charge in [-0.15, -0.1) is 0 Å². The number of halogens is 1. The van der Waals surface area contributed by atoms with Crippen molar-refractivity contribution in [1.82, 2.24) is 5.32 Å². The van der Waals surface area contributed by atoms with Gasteiger partial charge in [0.1, 0.15) is 0 Å². The van der Waals surface area contributed by atoms with E-state index in [0.717, 1.165) is 29.7 Å². The summed E-state index contributed by atoms with van der Waals surface area (Å²) >= 11 is 7.43. The van der Waals surface area contributed by atoms with Gasteiger partial charge in [-0.3, -0.25) is 9.59 Å². The summed E-state index contributed by atoms with van der Waals surface area (Å²) in [6, 6.07) is 13.1. The Bertz CT molecular complexity index is 989. The number of benzene rings is 2. The number of thioether (sulfide) groups is 1. The molecule has 2 aliphatic rings. The maximum atomic E-state index is 12.7. The van der Waals surface area contributed by atoms with Crippen LogP contribution in [0.15, 0.2) is 52.3 Å². The Hall–Kier alpha value is -2.24. The van der Waals surface area contributed by atoms with E-state index in [2.05, 4.69) is 17.6 Å². The molecule has 0 unspecified atom stereocenters. The predicted molar refractivity (Wildman–Crippen MR) is 119 cm³/mol. The third-order valence-corrected chi connectivity index (χ3v) is 6.84. The fraction of sp³-hybridized carbons (Fsp3) is 0.304. The SMILES string of the molecule is C[C@@H]1CCCC[C@@H]1NC(=O)c1ccc2c(c1)NC(=O)/C(=C\c1cccc(Cl)c1)S2. The van der Waals surface area contributed by atoms with Gasteiger partial charge < -0.3 is 10.6 Å². The smallest absolute Gasteiger partial charge is 0.262 e. The fourth-order valence-corrected chi connectivity index (χ4v) is 4.96. The van der Waals surface area contributed by atoms with Crippen LogP contribution in [0.4, 0.5) is 5.69 Å². The van der Waals surface area contributed by atoms with Gasteiger partial charge in [-0.1, -0.05) is 55.3 Å². The average Bonchev–Trinajstić information content (AvgIpc) is 2.70. The van der Waals surface area contributed by atoms with Crippen molar-refractivity contribution >= 4 is 46.9 Å². The van der Waals surface area contributed by atoms with Crippen molar-refractivity contribution in [2.45, 2.75) is 43.5 Å². The van der Waals surface area contributed by atoms with Gasteiger partial charge in [0, 0.05) is 21.5 Å². The molecular formula is C23H23ClN2O2S. The number of nitrogens with one attached hydrogen (secondary N) is 2. The van der Waals surface area contributed by atoms with Crippen LogP contribution in [0, 0.1) is 5.92 Å². The third-order valence-electron chi connectivity index (χ3n) is 5.51. The van der Waals surface area contributed by atoms with Crippen LogP contribution in [-0.4, -0.2) is 17.9 Å². The second kappa shape index (κ2) is 8.64. The van der Waals surface area contributed by atoms with Crippen molar-refractivity contribution in [1.29, 1.82) is 0 Å². The Labute approximate surface area is 180 Å². The van der Waals surface area contributed by atoms with Crippen molar-refractivity contribution < 1.29 is 9.59 Å². The van der Waals surface area contributed by atoms with Gasteiger partial charge >= 0.3 is 0 Å². The van der Waals surface area contributed by atoms with Crippen LogP contribution >= 0.6 is 23.4 Å². The first kappa shape index (κ1) is 20.0. The number of carbonyl (C=O) groups is 2. The Morgan fingerprint density at radius 3 is 2.83 bits per heavy atom. The first-order valence-corrected chi connectivity index (χ1v) is 11.1. The average molecular weight is 427 g/mol. The lowest BCUT2D eigenvalue weighted by molar-refractivity contribution is -0.112. The summed E-state index contributed by atoms with van der Waals surface area (Å²) in [6.07, 6.45) is 6.40. The third kappa shape index (κ3) is 4.68. The molecule has 4 rings (SSSR count). The molecule has 1 saturated carbocycles. The second-order valence-electron chi connectivity index (χ2n) is 7.67. The number of hydrogen-bond donors (Lipinski definition) is 2. The van der Waals surface area contributed by atoms with Crippen LogP contribution in [0.1, 0.15) is 48.5 Å². The van der Waals surface area contributed by atoms with E-state index in [1.54, 1.807) is 12.1 Å². The number of carbonyl (C=O) groups excluding carboxylic acids is 2. The van der Waals surface area contributed by atoms with Gasteiger partial charge in [0.25, 0.3) is 11.8 Å². The van der Waals surface area contributed by atoms with Crippen molar-refractivity contribution in [2.75, 3.05) is 5.32 Å². The molecule has 6 heteroatoms. The Morgan fingerprint density at radius 1 is 1.21 bits per heavy atom. The number of rotatable bonds is 3. The van der Waals surface area contributed by atoms with Crippen molar-refractivity contribution in [3.63, 3.8) is 0 Å². The van der Waals surface area contributed by atoms with Crippen LogP contribution in [0.2, 0.25) is 5.02 Å². The second-order valence-corrected chi connectivity index (χ2v) is 9.19. The minimum Gasteiger partial charge on any atom is -0.349 e. The molecule has 2 N–H and O–H groups in total. The molecule has 0 aromatic heterocycles. The van der Waals surface area contributed by atoms with Crippen LogP contribution in [-0.2, 0) is 4.79 Å². The van der Waals surface area contributed by atoms with Gasteiger partial charge in [-0.05, 0) is 60.7 Å². The molecule has 2 aromatic rings. The van der Waals surface area contributed by atoms with Crippen molar-refractivity contribution in [3.8, 4) is 0 Å². The number of hydrogen-bond acceptors (Lipinski definition) is 3. The van der Waals surface area contributed by atoms with E-state index in [1.807, 2.05) is 36.4 Å².